The summed E-state index contributed by atoms with van der Waals surface area (Å²) in [5.41, 5.74) is 2.27. The third kappa shape index (κ3) is 4.38. The molecular weight excluding hydrogens is 358 g/mol. The van der Waals surface area contributed by atoms with E-state index in [1.54, 1.807) is 6.07 Å². The predicted octanol–water partition coefficient (Wildman–Crippen LogP) is 5.65. The van der Waals surface area contributed by atoms with Crippen LogP contribution in [0.2, 0.25) is 0 Å². The number of halogens is 2. The molecule has 1 aliphatic carbocycles. The van der Waals surface area contributed by atoms with Crippen molar-refractivity contribution in [2.45, 2.75) is 51.1 Å². The van der Waals surface area contributed by atoms with Crippen LogP contribution in [0.15, 0.2) is 42.5 Å². The van der Waals surface area contributed by atoms with Crippen molar-refractivity contribution in [3.63, 3.8) is 0 Å². The molecule has 4 nitrogen and oxygen atoms in total. The Balaban J connectivity index is 1.59. The Kier molecular flexibility index (Phi) is 5.65. The Morgan fingerprint density at radius 3 is 2.18 bits per heavy atom. The number of benzene rings is 2. The van der Waals surface area contributed by atoms with Gasteiger partial charge in [-0.15, -0.1) is 0 Å². The highest BCUT2D eigenvalue weighted by Gasteiger charge is 2.16. The van der Waals surface area contributed by atoms with Crippen molar-refractivity contribution >= 4 is 22.7 Å². The minimum absolute atomic E-state index is 0.337. The number of para-hydroxylation sites is 2. The van der Waals surface area contributed by atoms with E-state index in [1.807, 2.05) is 24.3 Å². The quantitative estimate of drug-likeness (QED) is 0.560. The lowest BCUT2D eigenvalue weighted by molar-refractivity contribution is 0.507. The van der Waals surface area contributed by atoms with E-state index in [2.05, 4.69) is 10.6 Å². The van der Waals surface area contributed by atoms with Crippen LogP contribution < -0.4 is 10.6 Å². The highest BCUT2D eigenvalue weighted by molar-refractivity contribution is 5.80. The molecule has 0 radical (unpaired) electrons. The number of rotatable bonds is 5. The van der Waals surface area contributed by atoms with Crippen molar-refractivity contribution in [3.8, 4) is 0 Å². The van der Waals surface area contributed by atoms with Gasteiger partial charge in [-0.1, -0.05) is 43.9 Å². The molecular formula is C22H24F2N4. The predicted molar refractivity (Wildman–Crippen MR) is 108 cm³/mol. The topological polar surface area (TPSA) is 49.8 Å². The molecule has 0 atom stereocenters. The van der Waals surface area contributed by atoms with Crippen LogP contribution in [0.3, 0.4) is 0 Å². The first-order chi connectivity index (χ1) is 13.7. The average molecular weight is 382 g/mol. The van der Waals surface area contributed by atoms with Crippen molar-refractivity contribution in [1.82, 2.24) is 9.97 Å². The van der Waals surface area contributed by atoms with Crippen LogP contribution in [-0.4, -0.2) is 16.0 Å². The lowest BCUT2D eigenvalue weighted by Crippen LogP contribution is -2.20. The number of aromatic nitrogens is 2. The van der Waals surface area contributed by atoms with E-state index in [0.29, 0.717) is 29.8 Å². The molecule has 0 saturated heterocycles. The van der Waals surface area contributed by atoms with Crippen molar-refractivity contribution in [2.24, 2.45) is 0 Å². The molecule has 0 unspecified atom stereocenters. The first kappa shape index (κ1) is 18.6. The standard InChI is InChI=1S/C22H24F2N4/c23-17-12-11-15(13-18(17)24)14-25-21-22(26-16-7-3-1-2-4-8-16)28-20-10-6-5-9-19(20)27-21/h5-6,9-13,16H,1-4,7-8,14H2,(H,25,27)(H,26,28). The molecule has 1 saturated carbocycles. The van der Waals surface area contributed by atoms with Crippen LogP contribution >= 0.6 is 0 Å². The molecule has 1 heterocycles. The minimum Gasteiger partial charge on any atom is -0.364 e. The van der Waals surface area contributed by atoms with Gasteiger partial charge in [0.1, 0.15) is 0 Å². The number of anilines is 2. The average Bonchev–Trinajstić information content (AvgIpc) is 2.97. The molecule has 2 N–H and O–H groups in total. The molecule has 0 spiro atoms. The first-order valence-electron chi connectivity index (χ1n) is 9.90. The van der Waals surface area contributed by atoms with Gasteiger partial charge in [0, 0.05) is 12.6 Å². The zero-order chi connectivity index (χ0) is 19.3. The van der Waals surface area contributed by atoms with Crippen LogP contribution in [-0.2, 0) is 6.54 Å². The summed E-state index contributed by atoms with van der Waals surface area (Å²) in [4.78, 5) is 9.49. The summed E-state index contributed by atoms with van der Waals surface area (Å²) < 4.78 is 26.7. The van der Waals surface area contributed by atoms with Gasteiger partial charge in [0.15, 0.2) is 23.3 Å². The van der Waals surface area contributed by atoms with E-state index in [4.69, 9.17) is 9.97 Å². The maximum atomic E-state index is 13.5. The van der Waals surface area contributed by atoms with Gasteiger partial charge in [-0.25, -0.2) is 18.7 Å². The van der Waals surface area contributed by atoms with E-state index in [-0.39, 0.29) is 0 Å². The molecule has 4 rings (SSSR count). The zero-order valence-corrected chi connectivity index (χ0v) is 15.7. The number of nitrogens with zero attached hydrogens (tertiary/aromatic N) is 2. The minimum atomic E-state index is -0.847. The van der Waals surface area contributed by atoms with Crippen molar-refractivity contribution in [1.29, 1.82) is 0 Å². The fourth-order valence-corrected chi connectivity index (χ4v) is 3.68. The summed E-state index contributed by atoms with van der Waals surface area (Å²) in [5, 5.41) is 6.82. The van der Waals surface area contributed by atoms with E-state index in [0.717, 1.165) is 29.9 Å². The summed E-state index contributed by atoms with van der Waals surface area (Å²) in [5.74, 6) is -0.341. The van der Waals surface area contributed by atoms with E-state index in [1.165, 1.54) is 31.7 Å². The summed E-state index contributed by atoms with van der Waals surface area (Å²) in [6, 6.07) is 12.0. The largest absolute Gasteiger partial charge is 0.364 e. The third-order valence-corrected chi connectivity index (χ3v) is 5.21. The van der Waals surface area contributed by atoms with Gasteiger partial charge in [0.2, 0.25) is 0 Å². The van der Waals surface area contributed by atoms with Gasteiger partial charge in [-0.2, -0.15) is 0 Å². The highest BCUT2D eigenvalue weighted by atomic mass is 19.2. The fourth-order valence-electron chi connectivity index (χ4n) is 3.68. The smallest absolute Gasteiger partial charge is 0.170 e. The molecule has 146 valence electrons. The normalized spacial score (nSPS) is 15.4. The van der Waals surface area contributed by atoms with Gasteiger partial charge in [0.05, 0.1) is 11.0 Å². The second kappa shape index (κ2) is 8.50. The van der Waals surface area contributed by atoms with Gasteiger partial charge < -0.3 is 10.6 Å². The summed E-state index contributed by atoms with van der Waals surface area (Å²) in [7, 11) is 0. The lowest BCUT2D eigenvalue weighted by Gasteiger charge is -2.20. The number of fused-ring (bicyclic) bond motifs is 1. The Hall–Kier alpha value is -2.76. The first-order valence-corrected chi connectivity index (χ1v) is 9.90. The zero-order valence-electron chi connectivity index (χ0n) is 15.7. The molecule has 3 aromatic rings. The van der Waals surface area contributed by atoms with E-state index >= 15 is 0 Å². The summed E-state index contributed by atoms with van der Waals surface area (Å²) in [6.07, 6.45) is 7.24. The van der Waals surface area contributed by atoms with Crippen LogP contribution in [0, 0.1) is 11.6 Å². The summed E-state index contributed by atoms with van der Waals surface area (Å²) >= 11 is 0. The monoisotopic (exact) mass is 382 g/mol. The Bertz CT molecular complexity index is 952. The molecule has 6 heteroatoms. The molecule has 2 aromatic carbocycles. The van der Waals surface area contributed by atoms with Crippen molar-refractivity contribution in [3.05, 3.63) is 59.7 Å². The lowest BCUT2D eigenvalue weighted by atomic mass is 10.1. The van der Waals surface area contributed by atoms with Crippen molar-refractivity contribution in [2.75, 3.05) is 10.6 Å². The Labute approximate surface area is 163 Å². The Morgan fingerprint density at radius 2 is 1.50 bits per heavy atom. The highest BCUT2D eigenvalue weighted by Crippen LogP contribution is 2.26. The molecule has 0 aliphatic heterocycles. The summed E-state index contributed by atoms with van der Waals surface area (Å²) in [6.45, 7) is 0.337. The molecule has 28 heavy (non-hydrogen) atoms. The van der Waals surface area contributed by atoms with Gasteiger partial charge >= 0.3 is 0 Å². The van der Waals surface area contributed by atoms with Gasteiger partial charge in [-0.3, -0.25) is 0 Å². The molecule has 1 aromatic heterocycles. The molecule has 1 aliphatic rings. The third-order valence-electron chi connectivity index (χ3n) is 5.21. The van der Waals surface area contributed by atoms with E-state index in [9.17, 15) is 8.78 Å². The SMILES string of the molecule is Fc1ccc(CNc2nc3ccccc3nc2NC2CCCCCC2)cc1F. The Morgan fingerprint density at radius 1 is 0.821 bits per heavy atom. The molecule has 0 bridgehead atoms. The second-order valence-corrected chi connectivity index (χ2v) is 7.34. The number of nitrogens with one attached hydrogen (secondary N) is 2. The van der Waals surface area contributed by atoms with Crippen molar-refractivity contribution < 1.29 is 8.78 Å². The number of hydrogen-bond acceptors (Lipinski definition) is 4. The van der Waals surface area contributed by atoms with Crippen LogP contribution in [0.4, 0.5) is 20.4 Å². The van der Waals surface area contributed by atoms with Crippen LogP contribution in [0.5, 0.6) is 0 Å². The molecule has 1 fully saturated rings. The van der Waals surface area contributed by atoms with Gasteiger partial charge in [-0.05, 0) is 42.7 Å². The second-order valence-electron chi connectivity index (χ2n) is 7.34. The maximum absolute atomic E-state index is 13.5. The van der Waals surface area contributed by atoms with Crippen LogP contribution in [0.1, 0.15) is 44.1 Å². The van der Waals surface area contributed by atoms with E-state index < -0.39 is 11.6 Å². The molecule has 0 amide bonds. The van der Waals surface area contributed by atoms with Crippen LogP contribution in [0.25, 0.3) is 11.0 Å². The maximum Gasteiger partial charge on any atom is 0.170 e. The number of hydrogen-bond donors (Lipinski definition) is 2. The van der Waals surface area contributed by atoms with Gasteiger partial charge in [0.25, 0.3) is 0 Å². The fraction of sp³-hybridized carbons (Fsp3) is 0.364.